The van der Waals surface area contributed by atoms with Gasteiger partial charge in [-0.15, -0.1) is 0 Å². The Morgan fingerprint density at radius 3 is 2.68 bits per heavy atom. The number of non-ortho nitro benzene ring substituents is 1. The first kappa shape index (κ1) is 18.0. The topological polar surface area (TPSA) is 98.7 Å². The predicted molar refractivity (Wildman–Crippen MR) is 103 cm³/mol. The fourth-order valence-corrected chi connectivity index (χ4v) is 3.62. The summed E-state index contributed by atoms with van der Waals surface area (Å²) in [5, 5.41) is 11.0. The Bertz CT molecular complexity index is 1000. The molecule has 0 amide bonds. The minimum absolute atomic E-state index is 0.134. The van der Waals surface area contributed by atoms with Gasteiger partial charge in [0.15, 0.2) is 11.5 Å². The Kier molecular flexibility index (Phi) is 4.68. The van der Waals surface area contributed by atoms with Gasteiger partial charge in [0.05, 0.1) is 23.3 Å². The lowest BCUT2D eigenvalue weighted by Crippen LogP contribution is -2.34. The number of oxazole rings is 1. The van der Waals surface area contributed by atoms with Crippen molar-refractivity contribution >= 4 is 28.4 Å². The van der Waals surface area contributed by atoms with Gasteiger partial charge in [0.2, 0.25) is 0 Å². The van der Waals surface area contributed by atoms with E-state index in [0.29, 0.717) is 18.8 Å². The Labute approximate surface area is 160 Å². The summed E-state index contributed by atoms with van der Waals surface area (Å²) in [7, 11) is 1.27. The average Bonchev–Trinajstić information content (AvgIpc) is 3.17. The lowest BCUT2D eigenvalue weighted by atomic mass is 9.95. The molecule has 1 aromatic heterocycles. The van der Waals surface area contributed by atoms with E-state index in [9.17, 15) is 14.9 Å². The van der Waals surface area contributed by atoms with E-state index in [2.05, 4.69) is 9.88 Å². The number of hydrogen-bond acceptors (Lipinski definition) is 7. The van der Waals surface area contributed by atoms with Crippen LogP contribution in [0.3, 0.4) is 0 Å². The van der Waals surface area contributed by atoms with Crippen molar-refractivity contribution in [1.29, 1.82) is 0 Å². The molecule has 1 saturated heterocycles. The zero-order valence-corrected chi connectivity index (χ0v) is 15.3. The molecule has 0 spiro atoms. The number of carbonyl (C=O) groups excluding carboxylic acids is 1. The molecule has 2 aromatic carbocycles. The van der Waals surface area contributed by atoms with Crippen molar-refractivity contribution in [2.45, 2.75) is 18.8 Å². The molecule has 144 valence electrons. The van der Waals surface area contributed by atoms with E-state index in [4.69, 9.17) is 9.15 Å². The number of fused-ring (bicyclic) bond motifs is 1. The fraction of sp³-hybridized carbons (Fsp3) is 0.300. The highest BCUT2D eigenvalue weighted by Crippen LogP contribution is 2.34. The summed E-state index contributed by atoms with van der Waals surface area (Å²) in [5.74, 6) is 0.348. The number of methoxy groups -OCH3 is 1. The van der Waals surface area contributed by atoms with Gasteiger partial charge >= 0.3 is 5.97 Å². The highest BCUT2D eigenvalue weighted by Gasteiger charge is 2.28. The molecular formula is C20H19N3O5. The Morgan fingerprint density at radius 1 is 1.25 bits per heavy atom. The largest absolute Gasteiger partial charge is 0.465 e. The van der Waals surface area contributed by atoms with Crippen LogP contribution >= 0.6 is 0 Å². The van der Waals surface area contributed by atoms with Crippen molar-refractivity contribution in [3.05, 3.63) is 64.0 Å². The number of esters is 1. The van der Waals surface area contributed by atoms with Gasteiger partial charge in [0.1, 0.15) is 5.52 Å². The van der Waals surface area contributed by atoms with Crippen molar-refractivity contribution in [2.75, 3.05) is 25.1 Å². The van der Waals surface area contributed by atoms with E-state index < -0.39 is 10.9 Å². The maximum atomic E-state index is 12.1. The molecule has 0 bridgehead atoms. The number of nitro groups is 1. The lowest BCUT2D eigenvalue weighted by Gasteiger charge is -2.33. The second-order valence-electron chi connectivity index (χ2n) is 6.73. The summed E-state index contributed by atoms with van der Waals surface area (Å²) in [4.78, 5) is 29.3. The van der Waals surface area contributed by atoms with Crippen molar-refractivity contribution in [3.8, 4) is 0 Å². The van der Waals surface area contributed by atoms with Gasteiger partial charge in [-0.1, -0.05) is 12.1 Å². The van der Waals surface area contributed by atoms with E-state index in [1.807, 2.05) is 24.3 Å². The first-order valence-corrected chi connectivity index (χ1v) is 9.04. The zero-order valence-electron chi connectivity index (χ0n) is 15.3. The maximum absolute atomic E-state index is 12.1. The van der Waals surface area contributed by atoms with Crippen LogP contribution in [0.2, 0.25) is 0 Å². The summed E-state index contributed by atoms with van der Waals surface area (Å²) < 4.78 is 10.7. The molecule has 1 aliphatic heterocycles. The molecule has 28 heavy (non-hydrogen) atoms. The number of para-hydroxylation sites is 2. The zero-order chi connectivity index (χ0) is 19.7. The molecule has 1 aliphatic rings. The molecule has 0 atom stereocenters. The summed E-state index contributed by atoms with van der Waals surface area (Å²) in [6.07, 6.45) is 1.62. The SMILES string of the molecule is COC(=O)c1cc([N+](=O)[O-])ccc1N1CCC(c2nc3ccccc3o2)CC1. The third-order valence-electron chi connectivity index (χ3n) is 5.09. The Morgan fingerprint density at radius 2 is 2.00 bits per heavy atom. The first-order chi connectivity index (χ1) is 13.6. The molecular weight excluding hydrogens is 362 g/mol. The van der Waals surface area contributed by atoms with Crippen LogP contribution in [0.1, 0.15) is 35.0 Å². The van der Waals surface area contributed by atoms with Crippen LogP contribution in [-0.4, -0.2) is 36.1 Å². The Hall–Kier alpha value is -3.42. The molecule has 8 nitrogen and oxygen atoms in total. The van der Waals surface area contributed by atoms with E-state index in [-0.39, 0.29) is 17.2 Å². The number of rotatable bonds is 4. The summed E-state index contributed by atoms with van der Waals surface area (Å²) >= 11 is 0. The standard InChI is InChI=1S/C20H19N3O5/c1-27-20(24)15-12-14(23(25)26)6-7-17(15)22-10-8-13(9-11-22)19-21-16-4-2-3-5-18(16)28-19/h2-7,12-13H,8-11H2,1H3. The van der Waals surface area contributed by atoms with Crippen LogP contribution in [0.4, 0.5) is 11.4 Å². The second-order valence-corrected chi connectivity index (χ2v) is 6.73. The molecule has 0 radical (unpaired) electrons. The number of hydrogen-bond donors (Lipinski definition) is 0. The molecule has 8 heteroatoms. The van der Waals surface area contributed by atoms with Gasteiger partial charge in [-0.3, -0.25) is 10.1 Å². The predicted octanol–water partition coefficient (Wildman–Crippen LogP) is 3.91. The molecule has 0 unspecified atom stereocenters. The van der Waals surface area contributed by atoms with E-state index >= 15 is 0 Å². The van der Waals surface area contributed by atoms with Gasteiger partial charge in [-0.05, 0) is 31.0 Å². The van der Waals surface area contributed by atoms with Gasteiger partial charge in [0.25, 0.3) is 5.69 Å². The van der Waals surface area contributed by atoms with Crippen LogP contribution < -0.4 is 4.90 Å². The minimum Gasteiger partial charge on any atom is -0.465 e. The normalized spacial score (nSPS) is 15.0. The van der Waals surface area contributed by atoms with Crippen LogP contribution in [0.25, 0.3) is 11.1 Å². The molecule has 0 aliphatic carbocycles. The van der Waals surface area contributed by atoms with Gasteiger partial charge < -0.3 is 14.1 Å². The molecule has 2 heterocycles. The Balaban J connectivity index is 1.54. The number of anilines is 1. The van der Waals surface area contributed by atoms with E-state index in [1.54, 1.807) is 6.07 Å². The van der Waals surface area contributed by atoms with Gasteiger partial charge in [0, 0.05) is 31.1 Å². The smallest absolute Gasteiger partial charge is 0.340 e. The van der Waals surface area contributed by atoms with Crippen molar-refractivity contribution in [1.82, 2.24) is 4.98 Å². The van der Waals surface area contributed by atoms with Crippen molar-refractivity contribution in [3.63, 3.8) is 0 Å². The number of piperidine rings is 1. The van der Waals surface area contributed by atoms with E-state index in [0.717, 1.165) is 29.8 Å². The summed E-state index contributed by atoms with van der Waals surface area (Å²) in [5.41, 5.74) is 2.35. The van der Waals surface area contributed by atoms with Crippen LogP contribution in [-0.2, 0) is 4.74 Å². The van der Waals surface area contributed by atoms with Gasteiger partial charge in [-0.25, -0.2) is 9.78 Å². The van der Waals surface area contributed by atoms with Crippen molar-refractivity contribution in [2.24, 2.45) is 0 Å². The molecule has 1 fully saturated rings. The second kappa shape index (κ2) is 7.30. The number of benzene rings is 2. The highest BCUT2D eigenvalue weighted by molar-refractivity contribution is 5.96. The summed E-state index contributed by atoms with van der Waals surface area (Å²) in [6, 6.07) is 12.0. The van der Waals surface area contributed by atoms with E-state index in [1.165, 1.54) is 19.2 Å². The fourth-order valence-electron chi connectivity index (χ4n) is 3.62. The number of carbonyl (C=O) groups is 1. The van der Waals surface area contributed by atoms with Crippen LogP contribution in [0, 0.1) is 10.1 Å². The third kappa shape index (κ3) is 3.28. The number of ether oxygens (including phenoxy) is 1. The molecule has 0 N–H and O–H groups in total. The first-order valence-electron chi connectivity index (χ1n) is 9.04. The monoisotopic (exact) mass is 381 g/mol. The van der Waals surface area contributed by atoms with Crippen LogP contribution in [0.5, 0.6) is 0 Å². The quantitative estimate of drug-likeness (QED) is 0.384. The van der Waals surface area contributed by atoms with Gasteiger partial charge in [-0.2, -0.15) is 0 Å². The molecule has 3 aromatic rings. The lowest BCUT2D eigenvalue weighted by molar-refractivity contribution is -0.384. The molecule has 4 rings (SSSR count). The maximum Gasteiger partial charge on any atom is 0.340 e. The minimum atomic E-state index is -0.584. The van der Waals surface area contributed by atoms with Crippen molar-refractivity contribution < 1.29 is 18.9 Å². The number of nitrogens with zero attached hydrogens (tertiary/aromatic N) is 3. The molecule has 0 saturated carbocycles. The van der Waals surface area contributed by atoms with Crippen LogP contribution in [0.15, 0.2) is 46.9 Å². The third-order valence-corrected chi connectivity index (χ3v) is 5.09. The number of nitro benzene ring substituents is 1. The highest BCUT2D eigenvalue weighted by atomic mass is 16.6. The summed E-state index contributed by atoms with van der Waals surface area (Å²) in [6.45, 7) is 1.37. The average molecular weight is 381 g/mol. The number of aromatic nitrogens is 1.